The Morgan fingerprint density at radius 2 is 2.31 bits per heavy atom. The van der Waals surface area contributed by atoms with Crippen LogP contribution in [0.2, 0.25) is 0 Å². The maximum atomic E-state index is 13.0. The second-order valence-electron chi connectivity index (χ2n) is 3.43. The minimum atomic E-state index is -0.658. The number of ether oxygens (including phenoxy) is 1. The topological polar surface area (TPSA) is 64.3 Å². The maximum Gasteiger partial charge on any atom is 0.274 e. The largest absolute Gasteiger partial charge is 0.481 e. The van der Waals surface area contributed by atoms with Crippen molar-refractivity contribution in [2.75, 3.05) is 0 Å². The van der Waals surface area contributed by atoms with Gasteiger partial charge in [-0.05, 0) is 37.1 Å². The van der Waals surface area contributed by atoms with Gasteiger partial charge in [0, 0.05) is 0 Å². The Kier molecular flexibility index (Phi) is 4.25. The number of nitrogens with two attached hydrogens (primary N) is 1. The van der Waals surface area contributed by atoms with Crippen LogP contribution in [-0.2, 0) is 4.79 Å². The van der Waals surface area contributed by atoms with Crippen LogP contribution in [0.5, 0.6) is 5.75 Å². The van der Waals surface area contributed by atoms with Crippen molar-refractivity contribution in [3.63, 3.8) is 0 Å². The summed E-state index contributed by atoms with van der Waals surface area (Å²) in [4.78, 5) is 11.3. The van der Waals surface area contributed by atoms with Crippen LogP contribution in [0, 0.1) is 12.7 Å². The Morgan fingerprint density at radius 3 is 2.81 bits per heavy atom. The van der Waals surface area contributed by atoms with Crippen molar-refractivity contribution < 1.29 is 13.9 Å². The van der Waals surface area contributed by atoms with Crippen LogP contribution in [0.1, 0.15) is 18.9 Å². The minimum absolute atomic E-state index is 0.302. The summed E-state index contributed by atoms with van der Waals surface area (Å²) in [6, 6.07) is 4.33. The van der Waals surface area contributed by atoms with Crippen molar-refractivity contribution in [1.82, 2.24) is 5.43 Å². The molecule has 0 fully saturated rings. The lowest BCUT2D eigenvalue weighted by Gasteiger charge is -2.16. The van der Waals surface area contributed by atoms with E-state index in [0.29, 0.717) is 17.7 Å². The van der Waals surface area contributed by atoms with E-state index >= 15 is 0 Å². The summed E-state index contributed by atoms with van der Waals surface area (Å²) in [5.41, 5.74) is 2.50. The van der Waals surface area contributed by atoms with Crippen LogP contribution in [0.15, 0.2) is 18.2 Å². The highest BCUT2D eigenvalue weighted by Gasteiger charge is 2.17. The van der Waals surface area contributed by atoms with Gasteiger partial charge >= 0.3 is 0 Å². The van der Waals surface area contributed by atoms with Crippen molar-refractivity contribution in [2.24, 2.45) is 5.84 Å². The molecule has 3 N–H and O–H groups in total. The Bertz CT molecular complexity index is 382. The highest BCUT2D eigenvalue weighted by molar-refractivity contribution is 5.80. The monoisotopic (exact) mass is 226 g/mol. The molecule has 1 aromatic carbocycles. The van der Waals surface area contributed by atoms with Gasteiger partial charge in [-0.25, -0.2) is 10.2 Å². The van der Waals surface area contributed by atoms with Crippen LogP contribution >= 0.6 is 0 Å². The quantitative estimate of drug-likeness (QED) is 0.462. The summed E-state index contributed by atoms with van der Waals surface area (Å²) < 4.78 is 18.4. The summed E-state index contributed by atoms with van der Waals surface area (Å²) in [6.45, 7) is 3.43. The third kappa shape index (κ3) is 2.93. The molecular weight excluding hydrogens is 211 g/mol. The predicted octanol–water partition coefficient (Wildman–Crippen LogP) is 1.28. The molecule has 5 heteroatoms. The maximum absolute atomic E-state index is 13.0. The van der Waals surface area contributed by atoms with Gasteiger partial charge in [0.2, 0.25) is 0 Å². The summed E-state index contributed by atoms with van der Waals surface area (Å²) in [6.07, 6.45) is -0.172. The van der Waals surface area contributed by atoms with Gasteiger partial charge in [-0.15, -0.1) is 0 Å². The predicted molar refractivity (Wildman–Crippen MR) is 58.2 cm³/mol. The van der Waals surface area contributed by atoms with E-state index in [0.717, 1.165) is 0 Å². The lowest BCUT2D eigenvalue weighted by Crippen LogP contribution is -2.41. The third-order valence-corrected chi connectivity index (χ3v) is 2.21. The zero-order valence-electron chi connectivity index (χ0n) is 9.29. The zero-order valence-corrected chi connectivity index (χ0v) is 9.29. The number of benzene rings is 1. The van der Waals surface area contributed by atoms with E-state index in [1.54, 1.807) is 19.9 Å². The van der Waals surface area contributed by atoms with Crippen LogP contribution < -0.4 is 16.0 Å². The van der Waals surface area contributed by atoms with E-state index in [-0.39, 0.29) is 5.82 Å². The molecule has 16 heavy (non-hydrogen) atoms. The smallest absolute Gasteiger partial charge is 0.274 e. The van der Waals surface area contributed by atoms with E-state index in [2.05, 4.69) is 0 Å². The van der Waals surface area contributed by atoms with E-state index < -0.39 is 12.0 Å². The molecule has 0 radical (unpaired) electrons. The van der Waals surface area contributed by atoms with Crippen molar-refractivity contribution in [3.05, 3.63) is 29.6 Å². The Balaban J connectivity index is 2.78. The van der Waals surface area contributed by atoms with Crippen molar-refractivity contribution >= 4 is 5.91 Å². The SMILES string of the molecule is CCC(Oc1ccc(F)c(C)c1)C(=O)NN. The van der Waals surface area contributed by atoms with E-state index in [1.165, 1.54) is 12.1 Å². The van der Waals surface area contributed by atoms with Crippen LogP contribution in [0.3, 0.4) is 0 Å². The number of amides is 1. The minimum Gasteiger partial charge on any atom is -0.481 e. The van der Waals surface area contributed by atoms with Crippen LogP contribution in [-0.4, -0.2) is 12.0 Å². The Morgan fingerprint density at radius 1 is 1.62 bits per heavy atom. The van der Waals surface area contributed by atoms with Gasteiger partial charge < -0.3 is 4.74 Å². The standard InChI is InChI=1S/C11H15FN2O2/c1-3-10(11(15)14-13)16-8-4-5-9(12)7(2)6-8/h4-6,10H,3,13H2,1-2H3,(H,14,15). The molecule has 0 saturated heterocycles. The van der Waals surface area contributed by atoms with Gasteiger partial charge in [-0.3, -0.25) is 10.2 Å². The van der Waals surface area contributed by atoms with Crippen molar-refractivity contribution in [2.45, 2.75) is 26.4 Å². The fourth-order valence-corrected chi connectivity index (χ4v) is 1.27. The third-order valence-electron chi connectivity index (χ3n) is 2.21. The van der Waals surface area contributed by atoms with Gasteiger partial charge in [0.1, 0.15) is 11.6 Å². The fourth-order valence-electron chi connectivity index (χ4n) is 1.27. The van der Waals surface area contributed by atoms with Gasteiger partial charge in [0.15, 0.2) is 6.10 Å². The number of aryl methyl sites for hydroxylation is 1. The van der Waals surface area contributed by atoms with Gasteiger partial charge in [-0.2, -0.15) is 0 Å². The zero-order chi connectivity index (χ0) is 12.1. The molecule has 0 saturated carbocycles. The van der Waals surface area contributed by atoms with Crippen molar-refractivity contribution in [3.8, 4) is 5.75 Å². The van der Waals surface area contributed by atoms with Crippen molar-refractivity contribution in [1.29, 1.82) is 0 Å². The number of halogens is 1. The molecule has 1 atom stereocenters. The second-order valence-corrected chi connectivity index (χ2v) is 3.43. The highest BCUT2D eigenvalue weighted by Crippen LogP contribution is 2.18. The molecule has 1 unspecified atom stereocenters. The van der Waals surface area contributed by atoms with Gasteiger partial charge in [0.25, 0.3) is 5.91 Å². The molecule has 1 rings (SSSR count). The molecule has 0 heterocycles. The molecule has 1 amide bonds. The van der Waals surface area contributed by atoms with Gasteiger partial charge in [0.05, 0.1) is 0 Å². The number of carbonyl (C=O) groups excluding carboxylic acids is 1. The number of nitrogens with one attached hydrogen (secondary N) is 1. The lowest BCUT2D eigenvalue weighted by atomic mass is 10.2. The molecule has 4 nitrogen and oxygen atoms in total. The van der Waals surface area contributed by atoms with E-state index in [4.69, 9.17) is 10.6 Å². The Hall–Kier alpha value is -1.62. The summed E-state index contributed by atoms with van der Waals surface area (Å²) in [7, 11) is 0. The molecule has 0 aromatic heterocycles. The first-order valence-electron chi connectivity index (χ1n) is 5.01. The fraction of sp³-hybridized carbons (Fsp3) is 0.364. The Labute approximate surface area is 93.6 Å². The molecule has 0 aliphatic rings. The number of hydrogen-bond acceptors (Lipinski definition) is 3. The van der Waals surface area contributed by atoms with Crippen LogP contribution in [0.4, 0.5) is 4.39 Å². The summed E-state index contributed by atoms with van der Waals surface area (Å²) in [5, 5.41) is 0. The first-order chi connectivity index (χ1) is 7.58. The molecule has 0 bridgehead atoms. The summed E-state index contributed by atoms with van der Waals surface area (Å²) >= 11 is 0. The number of hydrazine groups is 1. The van der Waals surface area contributed by atoms with E-state index in [9.17, 15) is 9.18 Å². The highest BCUT2D eigenvalue weighted by atomic mass is 19.1. The lowest BCUT2D eigenvalue weighted by molar-refractivity contribution is -0.128. The molecule has 88 valence electrons. The average molecular weight is 226 g/mol. The first-order valence-corrected chi connectivity index (χ1v) is 5.01. The summed E-state index contributed by atoms with van der Waals surface area (Å²) in [5.74, 6) is 4.77. The molecule has 0 aliphatic carbocycles. The first kappa shape index (κ1) is 12.4. The number of rotatable bonds is 4. The molecule has 0 aliphatic heterocycles. The molecular formula is C11H15FN2O2. The van der Waals surface area contributed by atoms with E-state index in [1.807, 2.05) is 5.43 Å². The molecule has 1 aromatic rings. The van der Waals surface area contributed by atoms with Crippen LogP contribution in [0.25, 0.3) is 0 Å². The normalized spacial score (nSPS) is 12.0. The average Bonchev–Trinajstić information content (AvgIpc) is 2.29. The van der Waals surface area contributed by atoms with Gasteiger partial charge in [-0.1, -0.05) is 6.92 Å². The second kappa shape index (κ2) is 5.46. The number of hydrogen-bond donors (Lipinski definition) is 2. The molecule has 0 spiro atoms. The number of carbonyl (C=O) groups is 1.